The SMILES string of the molecule is CCNC(C)CC(=O)NCC#N. The maximum Gasteiger partial charge on any atom is 0.222 e. The molecule has 1 unspecified atom stereocenters. The van der Waals surface area contributed by atoms with Crippen LogP contribution >= 0.6 is 0 Å². The van der Waals surface area contributed by atoms with E-state index in [0.29, 0.717) is 6.42 Å². The van der Waals surface area contributed by atoms with Crippen LogP contribution < -0.4 is 10.6 Å². The Kier molecular flexibility index (Phi) is 6.02. The summed E-state index contributed by atoms with van der Waals surface area (Å²) in [7, 11) is 0. The van der Waals surface area contributed by atoms with Crippen molar-refractivity contribution in [2.24, 2.45) is 0 Å². The van der Waals surface area contributed by atoms with Gasteiger partial charge in [-0.15, -0.1) is 0 Å². The van der Waals surface area contributed by atoms with Crippen molar-refractivity contribution in [3.8, 4) is 6.07 Å². The molecule has 1 atom stereocenters. The highest BCUT2D eigenvalue weighted by Crippen LogP contribution is 1.88. The fourth-order valence-corrected chi connectivity index (χ4v) is 0.909. The second-order valence-electron chi connectivity index (χ2n) is 2.60. The first-order valence-corrected chi connectivity index (χ1v) is 4.07. The number of carbonyl (C=O) groups is 1. The Labute approximate surface area is 72.9 Å². The van der Waals surface area contributed by atoms with Gasteiger partial charge in [-0.05, 0) is 13.5 Å². The molecule has 0 bridgehead atoms. The smallest absolute Gasteiger partial charge is 0.222 e. The topological polar surface area (TPSA) is 64.9 Å². The van der Waals surface area contributed by atoms with E-state index < -0.39 is 0 Å². The molecule has 0 aromatic heterocycles. The Balaban J connectivity index is 3.48. The standard InChI is InChI=1S/C8H15N3O/c1-3-10-7(2)6-8(12)11-5-4-9/h7,10H,3,5-6H2,1-2H3,(H,11,12). The Morgan fingerprint density at radius 2 is 2.33 bits per heavy atom. The number of nitrogens with zero attached hydrogens (tertiary/aromatic N) is 1. The van der Waals surface area contributed by atoms with Gasteiger partial charge in [-0.2, -0.15) is 5.26 Å². The lowest BCUT2D eigenvalue weighted by Gasteiger charge is -2.10. The van der Waals surface area contributed by atoms with Crippen LogP contribution in [0.3, 0.4) is 0 Å². The van der Waals surface area contributed by atoms with Crippen molar-refractivity contribution in [1.82, 2.24) is 10.6 Å². The summed E-state index contributed by atoms with van der Waals surface area (Å²) in [5.41, 5.74) is 0. The van der Waals surface area contributed by atoms with Gasteiger partial charge in [0.25, 0.3) is 0 Å². The Hall–Kier alpha value is -1.08. The first-order chi connectivity index (χ1) is 5.70. The molecule has 0 aromatic rings. The van der Waals surface area contributed by atoms with E-state index in [0.717, 1.165) is 6.54 Å². The van der Waals surface area contributed by atoms with E-state index in [9.17, 15) is 4.79 Å². The number of nitriles is 1. The highest BCUT2D eigenvalue weighted by molar-refractivity contribution is 5.76. The van der Waals surface area contributed by atoms with Crippen LogP contribution in [0.1, 0.15) is 20.3 Å². The Morgan fingerprint density at radius 3 is 2.83 bits per heavy atom. The van der Waals surface area contributed by atoms with Gasteiger partial charge in [0.05, 0.1) is 6.07 Å². The van der Waals surface area contributed by atoms with Crippen LogP contribution in [0.4, 0.5) is 0 Å². The van der Waals surface area contributed by atoms with Crippen LogP contribution in [-0.4, -0.2) is 25.0 Å². The summed E-state index contributed by atoms with van der Waals surface area (Å²) in [4.78, 5) is 11.0. The summed E-state index contributed by atoms with van der Waals surface area (Å²) >= 11 is 0. The Morgan fingerprint density at radius 1 is 1.67 bits per heavy atom. The van der Waals surface area contributed by atoms with E-state index in [1.165, 1.54) is 0 Å². The minimum atomic E-state index is -0.0787. The molecule has 0 spiro atoms. The van der Waals surface area contributed by atoms with Crippen LogP contribution in [0.5, 0.6) is 0 Å². The molecule has 0 heterocycles. The van der Waals surface area contributed by atoms with Crippen molar-refractivity contribution >= 4 is 5.91 Å². The highest BCUT2D eigenvalue weighted by atomic mass is 16.1. The first kappa shape index (κ1) is 10.9. The molecule has 4 heteroatoms. The number of nitrogens with one attached hydrogen (secondary N) is 2. The lowest BCUT2D eigenvalue weighted by Crippen LogP contribution is -2.33. The zero-order valence-electron chi connectivity index (χ0n) is 7.55. The van der Waals surface area contributed by atoms with Gasteiger partial charge < -0.3 is 10.6 Å². The van der Waals surface area contributed by atoms with Gasteiger partial charge in [-0.1, -0.05) is 6.92 Å². The lowest BCUT2D eigenvalue weighted by molar-refractivity contribution is -0.121. The van der Waals surface area contributed by atoms with Crippen LogP contribution in [0, 0.1) is 11.3 Å². The fourth-order valence-electron chi connectivity index (χ4n) is 0.909. The number of hydrogen-bond donors (Lipinski definition) is 2. The van der Waals surface area contributed by atoms with Gasteiger partial charge in [0.15, 0.2) is 0 Å². The fraction of sp³-hybridized carbons (Fsp3) is 0.750. The minimum absolute atomic E-state index is 0.0787. The number of hydrogen-bond acceptors (Lipinski definition) is 3. The molecule has 0 fully saturated rings. The van der Waals surface area contributed by atoms with E-state index >= 15 is 0 Å². The van der Waals surface area contributed by atoms with Gasteiger partial charge in [-0.25, -0.2) is 0 Å². The van der Waals surface area contributed by atoms with Crippen molar-refractivity contribution < 1.29 is 4.79 Å². The summed E-state index contributed by atoms with van der Waals surface area (Å²) < 4.78 is 0. The van der Waals surface area contributed by atoms with Crippen molar-refractivity contribution in [1.29, 1.82) is 5.26 Å². The normalized spacial score (nSPS) is 11.8. The first-order valence-electron chi connectivity index (χ1n) is 4.07. The molecule has 2 N–H and O–H groups in total. The van der Waals surface area contributed by atoms with Gasteiger partial charge >= 0.3 is 0 Å². The molecular weight excluding hydrogens is 154 g/mol. The number of carbonyl (C=O) groups excluding carboxylic acids is 1. The molecule has 0 aromatic carbocycles. The predicted octanol–water partition coefficient (Wildman–Crippen LogP) is 0.0143. The molecule has 0 saturated heterocycles. The monoisotopic (exact) mass is 169 g/mol. The third-order valence-electron chi connectivity index (χ3n) is 1.41. The molecule has 0 aliphatic carbocycles. The second kappa shape index (κ2) is 6.62. The van der Waals surface area contributed by atoms with E-state index in [1.807, 2.05) is 19.9 Å². The van der Waals surface area contributed by atoms with Crippen molar-refractivity contribution in [2.45, 2.75) is 26.3 Å². The van der Waals surface area contributed by atoms with Crippen LogP contribution in [0.2, 0.25) is 0 Å². The van der Waals surface area contributed by atoms with E-state index in [4.69, 9.17) is 5.26 Å². The molecule has 0 aliphatic heterocycles. The Bertz CT molecular complexity index is 174. The quantitative estimate of drug-likeness (QED) is 0.570. The predicted molar refractivity (Wildman–Crippen MR) is 46.4 cm³/mol. The van der Waals surface area contributed by atoms with Gasteiger partial charge in [0.2, 0.25) is 5.91 Å². The lowest BCUT2D eigenvalue weighted by atomic mass is 10.2. The van der Waals surface area contributed by atoms with E-state index in [1.54, 1.807) is 0 Å². The maximum atomic E-state index is 11.0. The molecule has 4 nitrogen and oxygen atoms in total. The molecular formula is C8H15N3O. The van der Waals surface area contributed by atoms with Crippen molar-refractivity contribution in [3.05, 3.63) is 0 Å². The molecule has 68 valence electrons. The maximum absolute atomic E-state index is 11.0. The molecule has 1 amide bonds. The molecule has 0 rings (SSSR count). The van der Waals surface area contributed by atoms with Crippen molar-refractivity contribution in [2.75, 3.05) is 13.1 Å². The summed E-state index contributed by atoms with van der Waals surface area (Å²) in [6.07, 6.45) is 0.426. The average Bonchev–Trinajstić information content (AvgIpc) is 2.01. The van der Waals surface area contributed by atoms with Gasteiger partial charge in [0.1, 0.15) is 6.54 Å². The number of amides is 1. The van der Waals surface area contributed by atoms with E-state index in [-0.39, 0.29) is 18.5 Å². The van der Waals surface area contributed by atoms with E-state index in [2.05, 4.69) is 10.6 Å². The molecule has 12 heavy (non-hydrogen) atoms. The van der Waals surface area contributed by atoms with Crippen molar-refractivity contribution in [3.63, 3.8) is 0 Å². The molecule has 0 aliphatic rings. The second-order valence-corrected chi connectivity index (χ2v) is 2.60. The molecule has 0 radical (unpaired) electrons. The van der Waals surface area contributed by atoms with Crippen LogP contribution in [0.15, 0.2) is 0 Å². The number of rotatable bonds is 5. The summed E-state index contributed by atoms with van der Waals surface area (Å²) in [5.74, 6) is -0.0787. The average molecular weight is 169 g/mol. The van der Waals surface area contributed by atoms with Gasteiger partial charge in [0, 0.05) is 12.5 Å². The highest BCUT2D eigenvalue weighted by Gasteiger charge is 2.05. The minimum Gasteiger partial charge on any atom is -0.343 e. The largest absolute Gasteiger partial charge is 0.343 e. The molecule has 0 saturated carbocycles. The summed E-state index contributed by atoms with van der Waals surface area (Å²) in [5, 5.41) is 13.8. The van der Waals surface area contributed by atoms with Crippen LogP contribution in [0.25, 0.3) is 0 Å². The zero-order chi connectivity index (χ0) is 9.40. The van der Waals surface area contributed by atoms with Gasteiger partial charge in [-0.3, -0.25) is 4.79 Å². The third-order valence-corrected chi connectivity index (χ3v) is 1.41. The summed E-state index contributed by atoms with van der Waals surface area (Å²) in [6.45, 7) is 4.88. The van der Waals surface area contributed by atoms with Crippen LogP contribution in [-0.2, 0) is 4.79 Å². The zero-order valence-corrected chi connectivity index (χ0v) is 7.55. The summed E-state index contributed by atoms with van der Waals surface area (Å²) in [6, 6.07) is 2.03. The third kappa shape index (κ3) is 5.69.